The van der Waals surface area contributed by atoms with Gasteiger partial charge in [-0.05, 0) is 27.9 Å². The predicted octanol–water partition coefficient (Wildman–Crippen LogP) is 3.05. The zero-order chi connectivity index (χ0) is 12.0. The number of rotatable bonds is 6. The summed E-state index contributed by atoms with van der Waals surface area (Å²) in [6, 6.07) is 1.95. The van der Waals surface area contributed by atoms with Gasteiger partial charge in [-0.2, -0.15) is 0 Å². The number of halogens is 1. The quantitative estimate of drug-likeness (QED) is 0.845. The molecule has 2 N–H and O–H groups in total. The fourth-order valence-electron chi connectivity index (χ4n) is 1.73. The highest BCUT2D eigenvalue weighted by atomic mass is 79.9. The van der Waals surface area contributed by atoms with Crippen molar-refractivity contribution >= 4 is 21.6 Å². The molecule has 0 spiro atoms. The van der Waals surface area contributed by atoms with Crippen LogP contribution in [0, 0.1) is 5.92 Å². The molecule has 0 aliphatic carbocycles. The van der Waals surface area contributed by atoms with E-state index < -0.39 is 0 Å². The molecule has 1 aromatic heterocycles. The lowest BCUT2D eigenvalue weighted by molar-refractivity contribution is 0.114. The van der Waals surface area contributed by atoms with Gasteiger partial charge >= 0.3 is 0 Å². The van der Waals surface area contributed by atoms with Crippen molar-refractivity contribution in [2.45, 2.75) is 32.8 Å². The highest BCUT2D eigenvalue weighted by molar-refractivity contribution is 9.10. The van der Waals surface area contributed by atoms with Gasteiger partial charge in [-0.15, -0.1) is 0 Å². The van der Waals surface area contributed by atoms with Gasteiger partial charge in [-0.3, -0.25) is 4.98 Å². The highest BCUT2D eigenvalue weighted by Crippen LogP contribution is 2.16. The molecule has 3 nitrogen and oxygen atoms in total. The molecule has 1 aromatic rings. The number of aliphatic hydroxyl groups excluding tert-OH is 1. The number of aliphatic hydroxyl groups is 1. The zero-order valence-electron chi connectivity index (χ0n) is 9.78. The Morgan fingerprint density at radius 1 is 1.38 bits per heavy atom. The second kappa shape index (κ2) is 6.86. The molecule has 16 heavy (non-hydrogen) atoms. The molecule has 0 saturated carbocycles. The van der Waals surface area contributed by atoms with Crippen molar-refractivity contribution in [3.8, 4) is 0 Å². The molecule has 0 bridgehead atoms. The van der Waals surface area contributed by atoms with Crippen molar-refractivity contribution in [1.82, 2.24) is 4.98 Å². The Hall–Kier alpha value is -0.610. The maximum Gasteiger partial charge on any atom is 0.0740 e. The Balaban J connectivity index is 2.45. The lowest BCUT2D eigenvalue weighted by Gasteiger charge is -2.20. The summed E-state index contributed by atoms with van der Waals surface area (Å²) in [4.78, 5) is 4.06. The second-order valence-corrected chi connectivity index (χ2v) is 4.83. The fraction of sp³-hybridized carbons (Fsp3) is 0.583. The first-order valence-corrected chi connectivity index (χ1v) is 6.49. The Kier molecular flexibility index (Phi) is 5.77. The van der Waals surface area contributed by atoms with Gasteiger partial charge in [0.1, 0.15) is 0 Å². The van der Waals surface area contributed by atoms with E-state index in [2.05, 4.69) is 40.1 Å². The first-order valence-electron chi connectivity index (χ1n) is 5.69. The molecular weight excluding hydrogens is 268 g/mol. The molecule has 0 saturated heterocycles. The van der Waals surface area contributed by atoms with Crippen LogP contribution in [0.3, 0.4) is 0 Å². The van der Waals surface area contributed by atoms with Gasteiger partial charge in [0.15, 0.2) is 0 Å². The van der Waals surface area contributed by atoms with Crippen LogP contribution >= 0.6 is 15.9 Å². The highest BCUT2D eigenvalue weighted by Gasteiger charge is 2.14. The average Bonchev–Trinajstić information content (AvgIpc) is 2.28. The van der Waals surface area contributed by atoms with Crippen LogP contribution in [-0.2, 0) is 0 Å². The van der Waals surface area contributed by atoms with Crippen LogP contribution in [0.4, 0.5) is 5.69 Å². The van der Waals surface area contributed by atoms with E-state index in [1.165, 1.54) is 0 Å². The van der Waals surface area contributed by atoms with Crippen LogP contribution in [0.2, 0.25) is 0 Å². The van der Waals surface area contributed by atoms with Crippen LogP contribution in [0.25, 0.3) is 0 Å². The van der Waals surface area contributed by atoms with Gasteiger partial charge in [0.05, 0.1) is 18.0 Å². The zero-order valence-corrected chi connectivity index (χ0v) is 11.4. The van der Waals surface area contributed by atoms with Crippen LogP contribution in [0.15, 0.2) is 22.9 Å². The topological polar surface area (TPSA) is 45.1 Å². The molecule has 4 heteroatoms. The molecule has 0 aliphatic heterocycles. The number of nitrogens with one attached hydrogen (secondary N) is 1. The van der Waals surface area contributed by atoms with E-state index in [4.69, 9.17) is 0 Å². The van der Waals surface area contributed by atoms with Gasteiger partial charge in [-0.1, -0.05) is 26.7 Å². The van der Waals surface area contributed by atoms with E-state index in [1.807, 2.05) is 6.07 Å². The second-order valence-electron chi connectivity index (χ2n) is 3.92. The summed E-state index contributed by atoms with van der Waals surface area (Å²) in [7, 11) is 0. The average molecular weight is 287 g/mol. The number of hydrogen-bond donors (Lipinski definition) is 2. The van der Waals surface area contributed by atoms with Crippen LogP contribution in [0.5, 0.6) is 0 Å². The van der Waals surface area contributed by atoms with Gasteiger partial charge in [-0.25, -0.2) is 0 Å². The number of aromatic nitrogens is 1. The molecular formula is C12H19BrN2O. The van der Waals surface area contributed by atoms with Crippen molar-refractivity contribution in [3.63, 3.8) is 0 Å². The van der Waals surface area contributed by atoms with Crippen molar-refractivity contribution < 1.29 is 5.11 Å². The minimum atomic E-state index is -0.297. The maximum absolute atomic E-state index is 9.94. The lowest BCUT2D eigenvalue weighted by Crippen LogP contribution is -2.27. The third-order valence-electron chi connectivity index (χ3n) is 2.81. The lowest BCUT2D eigenvalue weighted by atomic mass is 9.96. The maximum atomic E-state index is 9.94. The molecule has 1 atom stereocenters. The van der Waals surface area contributed by atoms with E-state index in [9.17, 15) is 5.11 Å². The Morgan fingerprint density at radius 3 is 2.62 bits per heavy atom. The normalized spacial score (nSPS) is 12.8. The fourth-order valence-corrected chi connectivity index (χ4v) is 2.10. The summed E-state index contributed by atoms with van der Waals surface area (Å²) in [5, 5.41) is 13.1. The van der Waals surface area contributed by atoms with E-state index in [0.29, 0.717) is 12.5 Å². The SMILES string of the molecule is CCC(CC)C(O)CNc1cncc(Br)c1. The molecule has 0 radical (unpaired) electrons. The molecule has 1 rings (SSSR count). The minimum Gasteiger partial charge on any atom is -0.391 e. The van der Waals surface area contributed by atoms with Crippen molar-refractivity contribution in [2.24, 2.45) is 5.92 Å². The van der Waals surface area contributed by atoms with Gasteiger partial charge in [0, 0.05) is 17.2 Å². The van der Waals surface area contributed by atoms with Crippen molar-refractivity contribution in [1.29, 1.82) is 0 Å². The number of anilines is 1. The Labute approximate surface area is 105 Å². The van der Waals surface area contributed by atoms with Gasteiger partial charge in [0.2, 0.25) is 0 Å². The minimum absolute atomic E-state index is 0.297. The first-order chi connectivity index (χ1) is 7.67. The van der Waals surface area contributed by atoms with E-state index >= 15 is 0 Å². The van der Waals surface area contributed by atoms with Gasteiger partial charge in [0.25, 0.3) is 0 Å². The van der Waals surface area contributed by atoms with E-state index in [1.54, 1.807) is 12.4 Å². The summed E-state index contributed by atoms with van der Waals surface area (Å²) >= 11 is 3.36. The molecule has 0 amide bonds. The van der Waals surface area contributed by atoms with Crippen LogP contribution in [0.1, 0.15) is 26.7 Å². The summed E-state index contributed by atoms with van der Waals surface area (Å²) in [5.41, 5.74) is 0.930. The molecule has 1 heterocycles. The molecule has 1 unspecified atom stereocenters. The van der Waals surface area contributed by atoms with Crippen LogP contribution in [-0.4, -0.2) is 22.7 Å². The summed E-state index contributed by atoms with van der Waals surface area (Å²) in [6.45, 7) is 4.79. The molecule has 0 aliphatic rings. The Morgan fingerprint density at radius 2 is 2.06 bits per heavy atom. The smallest absolute Gasteiger partial charge is 0.0740 e. The van der Waals surface area contributed by atoms with E-state index in [0.717, 1.165) is 23.0 Å². The summed E-state index contributed by atoms with van der Waals surface area (Å²) in [5.74, 6) is 0.368. The third kappa shape index (κ3) is 4.10. The predicted molar refractivity (Wildman–Crippen MR) is 70.5 cm³/mol. The monoisotopic (exact) mass is 286 g/mol. The largest absolute Gasteiger partial charge is 0.391 e. The third-order valence-corrected chi connectivity index (χ3v) is 3.25. The Bertz CT molecular complexity index is 316. The number of pyridine rings is 1. The standard InChI is InChI=1S/C12H19BrN2O/c1-3-9(4-2)12(16)8-15-11-5-10(13)6-14-7-11/h5-7,9,12,15-16H,3-4,8H2,1-2H3. The molecule has 0 fully saturated rings. The number of nitrogens with zero attached hydrogens (tertiary/aromatic N) is 1. The summed E-state index contributed by atoms with van der Waals surface area (Å²) < 4.78 is 0.939. The van der Waals surface area contributed by atoms with Crippen LogP contribution < -0.4 is 5.32 Å². The summed E-state index contributed by atoms with van der Waals surface area (Å²) in [6.07, 6.45) is 5.22. The van der Waals surface area contributed by atoms with Gasteiger partial charge < -0.3 is 10.4 Å². The van der Waals surface area contributed by atoms with E-state index in [-0.39, 0.29) is 6.10 Å². The molecule has 90 valence electrons. The van der Waals surface area contributed by atoms with Crippen molar-refractivity contribution in [2.75, 3.05) is 11.9 Å². The molecule has 0 aromatic carbocycles. The number of hydrogen-bond acceptors (Lipinski definition) is 3. The van der Waals surface area contributed by atoms with Crippen molar-refractivity contribution in [3.05, 3.63) is 22.9 Å². The first kappa shape index (κ1) is 13.5.